The van der Waals surface area contributed by atoms with E-state index < -0.39 is 5.41 Å². The molecule has 1 saturated heterocycles. The average molecular weight is 529 g/mol. The largest absolute Gasteiger partial charge is 0.497 e. The van der Waals surface area contributed by atoms with Gasteiger partial charge in [0.1, 0.15) is 11.2 Å². The standard InChI is InChI=1S/C29H33N3O2.2ClH/c1-3-32-27-12-8-7-11-26(27)29(28(32)33,23-9-5-4-6-10-23)17-18-30-19-21-31(22-20-30)24-13-15-25(34-2)16-14-24;;/h4-16H,3,17-22H2,1-2H3;2*1H. The smallest absolute Gasteiger partial charge is 0.242 e. The predicted molar refractivity (Wildman–Crippen MR) is 152 cm³/mol. The van der Waals surface area contributed by atoms with Gasteiger partial charge in [0.05, 0.1) is 7.11 Å². The Morgan fingerprint density at radius 3 is 2.11 bits per heavy atom. The van der Waals surface area contributed by atoms with Gasteiger partial charge in [-0.15, -0.1) is 24.8 Å². The summed E-state index contributed by atoms with van der Waals surface area (Å²) >= 11 is 0. The van der Waals surface area contributed by atoms with Gasteiger partial charge in [0.2, 0.25) is 5.91 Å². The molecule has 0 N–H and O–H groups in total. The summed E-state index contributed by atoms with van der Waals surface area (Å²) in [4.78, 5) is 20.9. The molecule has 1 atom stereocenters. The minimum absolute atomic E-state index is 0. The quantitative estimate of drug-likeness (QED) is 0.411. The number of carbonyl (C=O) groups is 1. The zero-order valence-corrected chi connectivity index (χ0v) is 22.6. The number of fused-ring (bicyclic) bond motifs is 1. The number of likely N-dealkylation sites (N-methyl/N-ethyl adjacent to an activating group) is 1. The zero-order chi connectivity index (χ0) is 23.5. The summed E-state index contributed by atoms with van der Waals surface area (Å²) < 4.78 is 5.29. The lowest BCUT2D eigenvalue weighted by Crippen LogP contribution is -2.49. The highest BCUT2D eigenvalue weighted by molar-refractivity contribution is 6.10. The van der Waals surface area contributed by atoms with E-state index in [0.717, 1.165) is 61.7 Å². The monoisotopic (exact) mass is 527 g/mol. The van der Waals surface area contributed by atoms with Crippen LogP contribution in [0.2, 0.25) is 0 Å². The summed E-state index contributed by atoms with van der Waals surface area (Å²) in [5.41, 5.74) is 3.91. The van der Waals surface area contributed by atoms with E-state index in [9.17, 15) is 4.79 Å². The number of para-hydroxylation sites is 1. The number of piperazine rings is 1. The van der Waals surface area contributed by atoms with Crippen molar-refractivity contribution in [3.05, 3.63) is 90.0 Å². The number of hydrogen-bond acceptors (Lipinski definition) is 4. The fraction of sp³-hybridized carbons (Fsp3) is 0.345. The Bertz CT molecular complexity index is 1130. The Hall–Kier alpha value is -2.73. The molecule has 2 heterocycles. The van der Waals surface area contributed by atoms with Crippen LogP contribution in [-0.4, -0.2) is 57.2 Å². The fourth-order valence-electron chi connectivity index (χ4n) is 5.57. The summed E-state index contributed by atoms with van der Waals surface area (Å²) in [5.74, 6) is 1.09. The Kier molecular flexibility index (Phi) is 9.29. The maximum absolute atomic E-state index is 14.0. The molecule has 7 heteroatoms. The third-order valence-electron chi connectivity index (χ3n) is 7.46. The Balaban J connectivity index is 0.00000180. The van der Waals surface area contributed by atoms with Crippen LogP contribution >= 0.6 is 24.8 Å². The van der Waals surface area contributed by atoms with Crippen LogP contribution in [0.5, 0.6) is 5.75 Å². The van der Waals surface area contributed by atoms with Crippen LogP contribution in [0.25, 0.3) is 0 Å². The highest BCUT2D eigenvalue weighted by atomic mass is 35.5. The molecule has 5 rings (SSSR count). The predicted octanol–water partition coefficient (Wildman–Crippen LogP) is 5.40. The second kappa shape index (κ2) is 12.0. The molecular formula is C29H35Cl2N3O2. The first-order valence-electron chi connectivity index (χ1n) is 12.3. The van der Waals surface area contributed by atoms with Gasteiger partial charge in [-0.05, 0) is 61.3 Å². The number of carbonyl (C=O) groups excluding carboxylic acids is 1. The minimum Gasteiger partial charge on any atom is -0.497 e. The number of amides is 1. The van der Waals surface area contributed by atoms with Gasteiger partial charge < -0.3 is 14.5 Å². The van der Waals surface area contributed by atoms with E-state index in [4.69, 9.17) is 4.74 Å². The molecule has 3 aromatic carbocycles. The lowest BCUT2D eigenvalue weighted by molar-refractivity contribution is -0.122. The van der Waals surface area contributed by atoms with Crippen LogP contribution in [-0.2, 0) is 10.2 Å². The molecule has 1 fully saturated rings. The Morgan fingerprint density at radius 2 is 1.47 bits per heavy atom. The zero-order valence-electron chi connectivity index (χ0n) is 20.9. The molecule has 2 aliphatic rings. The number of halogens is 2. The molecule has 192 valence electrons. The van der Waals surface area contributed by atoms with Crippen molar-refractivity contribution in [2.45, 2.75) is 18.8 Å². The van der Waals surface area contributed by atoms with E-state index >= 15 is 0 Å². The molecule has 0 spiro atoms. The molecule has 1 amide bonds. The molecule has 0 bridgehead atoms. The second-order valence-electron chi connectivity index (χ2n) is 9.11. The maximum atomic E-state index is 14.0. The molecule has 0 saturated carbocycles. The van der Waals surface area contributed by atoms with Crippen molar-refractivity contribution in [2.75, 3.05) is 56.2 Å². The molecule has 0 aliphatic carbocycles. The van der Waals surface area contributed by atoms with Gasteiger partial charge in [0, 0.05) is 44.1 Å². The number of nitrogens with zero attached hydrogens (tertiary/aromatic N) is 3. The second-order valence-corrected chi connectivity index (χ2v) is 9.11. The van der Waals surface area contributed by atoms with Gasteiger partial charge in [-0.25, -0.2) is 0 Å². The lowest BCUT2D eigenvalue weighted by Gasteiger charge is -2.38. The van der Waals surface area contributed by atoms with Crippen molar-refractivity contribution in [3.63, 3.8) is 0 Å². The first-order chi connectivity index (χ1) is 16.7. The van der Waals surface area contributed by atoms with Crippen LogP contribution in [0.1, 0.15) is 24.5 Å². The van der Waals surface area contributed by atoms with Gasteiger partial charge in [-0.3, -0.25) is 9.69 Å². The summed E-state index contributed by atoms with van der Waals surface area (Å²) in [5, 5.41) is 0. The van der Waals surface area contributed by atoms with E-state index in [0.29, 0.717) is 6.54 Å². The van der Waals surface area contributed by atoms with Crippen LogP contribution < -0.4 is 14.5 Å². The van der Waals surface area contributed by atoms with Gasteiger partial charge >= 0.3 is 0 Å². The van der Waals surface area contributed by atoms with E-state index in [1.807, 2.05) is 29.2 Å². The number of hydrogen-bond donors (Lipinski definition) is 0. The van der Waals surface area contributed by atoms with Crippen molar-refractivity contribution in [2.24, 2.45) is 0 Å². The Labute approximate surface area is 226 Å². The highest BCUT2D eigenvalue weighted by Crippen LogP contribution is 2.48. The maximum Gasteiger partial charge on any atom is 0.242 e. The minimum atomic E-state index is -0.624. The molecule has 1 unspecified atom stereocenters. The molecule has 2 aliphatic heterocycles. The van der Waals surface area contributed by atoms with E-state index in [-0.39, 0.29) is 30.7 Å². The topological polar surface area (TPSA) is 36.0 Å². The van der Waals surface area contributed by atoms with Crippen LogP contribution in [0.15, 0.2) is 78.9 Å². The first-order valence-corrected chi connectivity index (χ1v) is 12.3. The van der Waals surface area contributed by atoms with E-state index in [2.05, 4.69) is 71.3 Å². The molecule has 36 heavy (non-hydrogen) atoms. The van der Waals surface area contributed by atoms with Gasteiger partial charge in [0.25, 0.3) is 0 Å². The van der Waals surface area contributed by atoms with E-state index in [1.54, 1.807) is 7.11 Å². The summed E-state index contributed by atoms with van der Waals surface area (Å²) in [6.45, 7) is 7.59. The number of anilines is 2. The van der Waals surface area contributed by atoms with E-state index in [1.165, 1.54) is 5.69 Å². The number of rotatable bonds is 7. The first kappa shape index (κ1) is 27.9. The third kappa shape index (κ3) is 4.93. The molecular weight excluding hydrogens is 493 g/mol. The summed E-state index contributed by atoms with van der Waals surface area (Å²) in [6.07, 6.45) is 0.784. The van der Waals surface area contributed by atoms with Gasteiger partial charge in [0.15, 0.2) is 0 Å². The lowest BCUT2D eigenvalue weighted by atomic mass is 9.72. The number of ether oxygens (including phenoxy) is 1. The fourth-order valence-corrected chi connectivity index (χ4v) is 5.57. The normalized spacial score (nSPS) is 19.3. The van der Waals surface area contributed by atoms with Crippen molar-refractivity contribution in [3.8, 4) is 5.75 Å². The SMILES string of the molecule is CCN1C(=O)C(CCN2CCN(c3ccc(OC)cc3)CC2)(c2ccccc2)c2ccccc21.Cl.Cl. The summed E-state index contributed by atoms with van der Waals surface area (Å²) in [6, 6.07) is 27.0. The van der Waals surface area contributed by atoms with Crippen molar-refractivity contribution < 1.29 is 9.53 Å². The van der Waals surface area contributed by atoms with Gasteiger partial charge in [-0.2, -0.15) is 0 Å². The Morgan fingerprint density at radius 1 is 0.833 bits per heavy atom. The summed E-state index contributed by atoms with van der Waals surface area (Å²) in [7, 11) is 1.70. The highest BCUT2D eigenvalue weighted by Gasteiger charge is 2.51. The molecule has 0 aromatic heterocycles. The van der Waals surface area contributed by atoms with Crippen molar-refractivity contribution in [1.29, 1.82) is 0 Å². The van der Waals surface area contributed by atoms with Gasteiger partial charge in [-0.1, -0.05) is 48.5 Å². The van der Waals surface area contributed by atoms with Crippen LogP contribution in [0.3, 0.4) is 0 Å². The molecule has 5 nitrogen and oxygen atoms in total. The van der Waals surface area contributed by atoms with Crippen LogP contribution in [0, 0.1) is 0 Å². The molecule has 0 radical (unpaired) electrons. The third-order valence-corrected chi connectivity index (χ3v) is 7.46. The van der Waals surface area contributed by atoms with Crippen molar-refractivity contribution >= 4 is 42.1 Å². The van der Waals surface area contributed by atoms with Crippen molar-refractivity contribution in [1.82, 2.24) is 4.90 Å². The average Bonchev–Trinajstić information content (AvgIpc) is 3.16. The molecule has 3 aromatic rings. The number of methoxy groups -OCH3 is 1. The van der Waals surface area contributed by atoms with Crippen LogP contribution in [0.4, 0.5) is 11.4 Å². The number of benzene rings is 3.